The summed E-state index contributed by atoms with van der Waals surface area (Å²) < 4.78 is 33.1. The van der Waals surface area contributed by atoms with Crippen molar-refractivity contribution in [3.8, 4) is 0 Å². The average Bonchev–Trinajstić information content (AvgIpc) is 3.29. The predicted molar refractivity (Wildman–Crippen MR) is 147 cm³/mol. The Morgan fingerprint density at radius 1 is 0.676 bits per heavy atom. The molecule has 37 heavy (non-hydrogen) atoms. The summed E-state index contributed by atoms with van der Waals surface area (Å²) in [4.78, 5) is 0.793. The van der Waals surface area contributed by atoms with Gasteiger partial charge < -0.3 is 14.2 Å². The molecule has 5 atom stereocenters. The van der Waals surface area contributed by atoms with Gasteiger partial charge in [-0.1, -0.05) is 109 Å². The van der Waals surface area contributed by atoms with Crippen molar-refractivity contribution in [2.75, 3.05) is 5.75 Å². The van der Waals surface area contributed by atoms with Crippen molar-refractivity contribution in [1.82, 2.24) is 0 Å². The van der Waals surface area contributed by atoms with Crippen LogP contribution in [0.5, 0.6) is 0 Å². The van der Waals surface area contributed by atoms with Crippen LogP contribution in [0, 0.1) is 6.92 Å². The summed E-state index contributed by atoms with van der Waals surface area (Å²) in [6, 6.07) is 38.2. The molecule has 0 amide bonds. The highest BCUT2D eigenvalue weighted by Crippen LogP contribution is 2.39. The fourth-order valence-corrected chi connectivity index (χ4v) is 5.82. The molecule has 4 nitrogen and oxygen atoms in total. The molecule has 1 saturated heterocycles. The second-order valence-corrected chi connectivity index (χ2v) is 10.8. The quantitative estimate of drug-likeness (QED) is 0.246. The van der Waals surface area contributed by atoms with Gasteiger partial charge in [0.15, 0.2) is 0 Å². The molecular weight excluding hydrogens is 480 g/mol. The van der Waals surface area contributed by atoms with E-state index in [1.807, 2.05) is 97.9 Å². The van der Waals surface area contributed by atoms with Gasteiger partial charge in [-0.05, 0) is 35.7 Å². The molecule has 0 spiro atoms. The fraction of sp³-hybridized carbons (Fsp3) is 0.250. The molecule has 1 fully saturated rings. The summed E-state index contributed by atoms with van der Waals surface area (Å²) in [5.41, 5.74) is 4.33. The minimum Gasteiger partial charge on any atom is -0.368 e. The third-order valence-corrected chi connectivity index (χ3v) is 8.04. The first-order chi connectivity index (χ1) is 18.2. The lowest BCUT2D eigenvalue weighted by Gasteiger charge is -2.25. The largest absolute Gasteiger partial charge is 0.368 e. The molecule has 0 aliphatic carbocycles. The SMILES string of the molecule is Cc1ccc(S(=O)C[C@@H]2O[C@H](c3ccccc3)[C@@H](OCc3ccccc3)[C@@H]2OCc2ccccc2)cc1. The van der Waals surface area contributed by atoms with Gasteiger partial charge in [-0.15, -0.1) is 0 Å². The first kappa shape index (κ1) is 25.6. The van der Waals surface area contributed by atoms with Gasteiger partial charge in [0.1, 0.15) is 18.3 Å². The molecule has 190 valence electrons. The van der Waals surface area contributed by atoms with Crippen LogP contribution < -0.4 is 0 Å². The van der Waals surface area contributed by atoms with E-state index in [1.165, 1.54) is 0 Å². The van der Waals surface area contributed by atoms with Gasteiger partial charge in [-0.3, -0.25) is 4.21 Å². The van der Waals surface area contributed by atoms with Gasteiger partial charge in [-0.25, -0.2) is 0 Å². The summed E-state index contributed by atoms with van der Waals surface area (Å²) in [5.74, 6) is 0.330. The van der Waals surface area contributed by atoms with Crippen LogP contribution in [-0.2, 0) is 38.2 Å². The van der Waals surface area contributed by atoms with Gasteiger partial charge in [0.2, 0.25) is 0 Å². The Bertz CT molecular complexity index is 1260. The molecule has 1 aliphatic heterocycles. The van der Waals surface area contributed by atoms with Crippen molar-refractivity contribution in [3.63, 3.8) is 0 Å². The Kier molecular flexibility index (Phi) is 8.59. The predicted octanol–water partition coefficient (Wildman–Crippen LogP) is 6.41. The Hall–Kier alpha value is -3.09. The normalized spacial score (nSPS) is 22.1. The third kappa shape index (κ3) is 6.62. The highest BCUT2D eigenvalue weighted by molar-refractivity contribution is 7.85. The fourth-order valence-electron chi connectivity index (χ4n) is 4.63. The van der Waals surface area contributed by atoms with Crippen LogP contribution in [0.4, 0.5) is 0 Å². The van der Waals surface area contributed by atoms with E-state index in [4.69, 9.17) is 14.2 Å². The van der Waals surface area contributed by atoms with Gasteiger partial charge in [0.25, 0.3) is 0 Å². The maximum absolute atomic E-state index is 13.4. The molecular formula is C32H32O4S. The third-order valence-electron chi connectivity index (χ3n) is 6.61. The smallest absolute Gasteiger partial charge is 0.117 e. The van der Waals surface area contributed by atoms with Crippen LogP contribution in [0.1, 0.15) is 28.4 Å². The van der Waals surface area contributed by atoms with Crippen molar-refractivity contribution in [2.45, 2.75) is 49.4 Å². The van der Waals surface area contributed by atoms with E-state index in [0.717, 1.165) is 27.1 Å². The Labute approximate surface area is 221 Å². The zero-order chi connectivity index (χ0) is 25.5. The summed E-state index contributed by atoms with van der Waals surface area (Å²) in [7, 11) is -1.24. The topological polar surface area (TPSA) is 44.8 Å². The van der Waals surface area contributed by atoms with E-state index >= 15 is 0 Å². The lowest BCUT2D eigenvalue weighted by Crippen LogP contribution is -2.38. The summed E-state index contributed by atoms with van der Waals surface area (Å²) >= 11 is 0. The molecule has 5 heteroatoms. The molecule has 1 aliphatic rings. The first-order valence-corrected chi connectivity index (χ1v) is 14.0. The number of hydrogen-bond acceptors (Lipinski definition) is 4. The monoisotopic (exact) mass is 512 g/mol. The van der Waals surface area contributed by atoms with E-state index in [1.54, 1.807) is 0 Å². The van der Waals surface area contributed by atoms with Crippen LogP contribution in [0.15, 0.2) is 120 Å². The average molecular weight is 513 g/mol. The van der Waals surface area contributed by atoms with Crippen LogP contribution in [0.3, 0.4) is 0 Å². The zero-order valence-electron chi connectivity index (χ0n) is 20.9. The van der Waals surface area contributed by atoms with Crippen molar-refractivity contribution >= 4 is 10.8 Å². The number of aryl methyl sites for hydroxylation is 1. The number of hydrogen-bond donors (Lipinski definition) is 0. The van der Waals surface area contributed by atoms with Crippen LogP contribution in [0.25, 0.3) is 0 Å². The molecule has 4 aromatic rings. The van der Waals surface area contributed by atoms with Gasteiger partial charge in [0, 0.05) is 4.90 Å². The highest BCUT2D eigenvalue weighted by Gasteiger charge is 2.47. The number of ether oxygens (including phenoxy) is 3. The van der Waals surface area contributed by atoms with Crippen molar-refractivity contribution in [2.24, 2.45) is 0 Å². The molecule has 0 saturated carbocycles. The number of benzene rings is 4. The van der Waals surface area contributed by atoms with Crippen LogP contribution >= 0.6 is 0 Å². The van der Waals surface area contributed by atoms with E-state index in [0.29, 0.717) is 19.0 Å². The van der Waals surface area contributed by atoms with Gasteiger partial charge in [0.05, 0.1) is 35.9 Å². The Morgan fingerprint density at radius 2 is 1.19 bits per heavy atom. The molecule has 0 N–H and O–H groups in total. The summed E-state index contributed by atoms with van der Waals surface area (Å²) in [6.07, 6.45) is -1.46. The lowest BCUT2D eigenvalue weighted by molar-refractivity contribution is -0.0777. The van der Waals surface area contributed by atoms with Crippen LogP contribution in [0.2, 0.25) is 0 Å². The minimum atomic E-state index is -1.24. The van der Waals surface area contributed by atoms with E-state index < -0.39 is 16.9 Å². The first-order valence-electron chi connectivity index (χ1n) is 12.6. The zero-order valence-corrected chi connectivity index (χ0v) is 21.8. The van der Waals surface area contributed by atoms with Crippen molar-refractivity contribution in [1.29, 1.82) is 0 Å². The molecule has 4 aromatic carbocycles. The molecule has 1 unspecified atom stereocenters. The maximum atomic E-state index is 13.4. The second-order valence-electron chi connectivity index (χ2n) is 9.35. The van der Waals surface area contributed by atoms with E-state index in [9.17, 15) is 4.21 Å². The van der Waals surface area contributed by atoms with Crippen LogP contribution in [-0.4, -0.2) is 28.3 Å². The van der Waals surface area contributed by atoms with E-state index in [2.05, 4.69) is 24.3 Å². The number of rotatable bonds is 10. The van der Waals surface area contributed by atoms with Crippen molar-refractivity contribution in [3.05, 3.63) is 138 Å². The van der Waals surface area contributed by atoms with E-state index in [-0.39, 0.29) is 18.3 Å². The molecule has 0 radical (unpaired) electrons. The standard InChI is InChI=1S/C32H32O4S/c1-24-17-19-28(20-18-24)37(33)23-29-31(34-21-25-11-5-2-6-12-25)32(35-22-26-13-7-3-8-14-26)30(36-29)27-15-9-4-10-16-27/h2-20,29-32H,21-23H2,1H3/t29-,30+,31+,32+,37?/m0/s1. The minimum absolute atomic E-state index is 0.328. The summed E-state index contributed by atoms with van der Waals surface area (Å²) in [5, 5.41) is 0. The van der Waals surface area contributed by atoms with Gasteiger partial charge >= 0.3 is 0 Å². The molecule has 0 aromatic heterocycles. The molecule has 0 bridgehead atoms. The molecule has 1 heterocycles. The Morgan fingerprint density at radius 3 is 1.76 bits per heavy atom. The van der Waals surface area contributed by atoms with Crippen molar-refractivity contribution < 1.29 is 18.4 Å². The maximum Gasteiger partial charge on any atom is 0.117 e. The Balaban J connectivity index is 1.42. The molecule has 5 rings (SSSR count). The summed E-state index contributed by atoms with van der Waals surface area (Å²) in [6.45, 7) is 2.89. The second kappa shape index (κ2) is 12.4. The lowest BCUT2D eigenvalue weighted by atomic mass is 10.0. The van der Waals surface area contributed by atoms with Gasteiger partial charge in [-0.2, -0.15) is 0 Å². The highest BCUT2D eigenvalue weighted by atomic mass is 32.2.